The van der Waals surface area contributed by atoms with E-state index in [1.165, 1.54) is 17.6 Å². The van der Waals surface area contributed by atoms with Crippen molar-refractivity contribution >= 4 is 62.8 Å². The average molecular weight is 525 g/mol. The molecule has 7 nitrogen and oxygen atoms in total. The molecule has 0 aliphatic heterocycles. The smallest absolute Gasteiger partial charge is 0.263 e. The summed E-state index contributed by atoms with van der Waals surface area (Å²) in [6.45, 7) is -0.227. The number of hydrogen-bond donors (Lipinski definition) is 2. The van der Waals surface area contributed by atoms with Gasteiger partial charge in [-0.2, -0.15) is 5.10 Å². The third kappa shape index (κ3) is 6.39. The SMILES string of the molecule is COc1ccc(/C=N\NC(=O)CNC(=O)c2sc3ccccc3c2Cl)cc1CSc1ccccn1. The summed E-state index contributed by atoms with van der Waals surface area (Å²) in [4.78, 5) is 29.3. The number of carbonyl (C=O) groups excluding carboxylic acids is 2. The van der Waals surface area contributed by atoms with Crippen molar-refractivity contribution in [3.8, 4) is 5.75 Å². The number of thiophene rings is 1. The number of nitrogens with one attached hydrogen (secondary N) is 2. The van der Waals surface area contributed by atoms with Crippen molar-refractivity contribution in [3.63, 3.8) is 0 Å². The molecule has 0 saturated heterocycles. The summed E-state index contributed by atoms with van der Waals surface area (Å²) in [5.74, 6) is 0.574. The zero-order valence-electron chi connectivity index (χ0n) is 18.7. The summed E-state index contributed by atoms with van der Waals surface area (Å²) in [5.41, 5.74) is 4.20. The van der Waals surface area contributed by atoms with Crippen LogP contribution in [0.3, 0.4) is 0 Å². The van der Waals surface area contributed by atoms with Gasteiger partial charge in [0.15, 0.2) is 0 Å². The van der Waals surface area contributed by atoms with E-state index in [0.717, 1.165) is 32.0 Å². The van der Waals surface area contributed by atoms with Gasteiger partial charge in [-0.05, 0) is 42.0 Å². The maximum Gasteiger partial charge on any atom is 0.263 e. The van der Waals surface area contributed by atoms with Crippen molar-refractivity contribution in [2.75, 3.05) is 13.7 Å². The molecule has 2 N–H and O–H groups in total. The Bertz CT molecular complexity index is 1380. The van der Waals surface area contributed by atoms with Gasteiger partial charge in [-0.25, -0.2) is 10.4 Å². The molecule has 10 heteroatoms. The van der Waals surface area contributed by atoms with E-state index in [0.29, 0.717) is 15.7 Å². The first-order valence-corrected chi connectivity index (χ1v) is 12.7. The van der Waals surface area contributed by atoms with Crippen LogP contribution in [0.2, 0.25) is 5.02 Å². The van der Waals surface area contributed by atoms with Crippen molar-refractivity contribution in [1.29, 1.82) is 0 Å². The van der Waals surface area contributed by atoms with E-state index in [2.05, 4.69) is 20.8 Å². The Hall–Kier alpha value is -3.40. The second-order valence-corrected chi connectivity index (χ2v) is 9.67. The predicted molar refractivity (Wildman–Crippen MR) is 142 cm³/mol. The van der Waals surface area contributed by atoms with E-state index in [4.69, 9.17) is 16.3 Å². The summed E-state index contributed by atoms with van der Waals surface area (Å²) < 4.78 is 6.36. The normalized spacial score (nSPS) is 11.0. The van der Waals surface area contributed by atoms with Crippen LogP contribution in [-0.4, -0.2) is 36.7 Å². The fraction of sp³-hybridized carbons (Fsp3) is 0.120. The van der Waals surface area contributed by atoms with Crippen LogP contribution in [0.1, 0.15) is 20.8 Å². The number of pyridine rings is 1. The molecule has 0 saturated carbocycles. The Morgan fingerprint density at radius 2 is 2.00 bits per heavy atom. The van der Waals surface area contributed by atoms with Crippen molar-refractivity contribution in [2.45, 2.75) is 10.8 Å². The number of thioether (sulfide) groups is 1. The second-order valence-electron chi connectivity index (χ2n) is 7.25. The van der Waals surface area contributed by atoms with Gasteiger partial charge in [0.1, 0.15) is 10.6 Å². The summed E-state index contributed by atoms with van der Waals surface area (Å²) in [6, 6.07) is 18.9. The van der Waals surface area contributed by atoms with Crippen molar-refractivity contribution in [2.24, 2.45) is 5.10 Å². The minimum atomic E-state index is -0.453. The fourth-order valence-corrected chi connectivity index (χ4v) is 5.47. The van der Waals surface area contributed by atoms with Crippen molar-refractivity contribution in [1.82, 2.24) is 15.7 Å². The van der Waals surface area contributed by atoms with Gasteiger partial charge in [0.05, 0.1) is 29.9 Å². The van der Waals surface area contributed by atoms with Crippen LogP contribution in [0.5, 0.6) is 5.75 Å². The molecule has 178 valence electrons. The number of halogens is 1. The zero-order chi connectivity index (χ0) is 24.6. The standard InChI is InChI=1S/C25H21ClN4O3S2/c1-33-19-10-9-16(12-17(19)15-34-22-8-4-5-11-27-22)13-29-30-21(31)14-28-25(32)24-23(26)18-6-2-3-7-20(18)35-24/h2-13H,14-15H2,1H3,(H,28,32)(H,30,31)/b29-13-. The molecule has 0 aliphatic rings. The molecule has 0 spiro atoms. The van der Waals surface area contributed by atoms with Crippen LogP contribution in [-0.2, 0) is 10.5 Å². The monoisotopic (exact) mass is 524 g/mol. The molecular formula is C25H21ClN4O3S2. The number of ether oxygens (including phenoxy) is 1. The number of hydrazone groups is 1. The van der Waals surface area contributed by atoms with Crippen molar-refractivity contribution < 1.29 is 14.3 Å². The van der Waals surface area contributed by atoms with Crippen LogP contribution in [0.25, 0.3) is 10.1 Å². The van der Waals surface area contributed by atoms with E-state index in [1.807, 2.05) is 60.7 Å². The Morgan fingerprint density at radius 3 is 2.77 bits per heavy atom. The molecule has 0 radical (unpaired) electrons. The number of aromatic nitrogens is 1. The second kappa shape index (κ2) is 11.8. The number of methoxy groups -OCH3 is 1. The highest BCUT2D eigenvalue weighted by Crippen LogP contribution is 2.35. The molecule has 2 aromatic heterocycles. The quantitative estimate of drug-likeness (QED) is 0.180. The molecule has 2 amide bonds. The number of amides is 2. The highest BCUT2D eigenvalue weighted by Gasteiger charge is 2.17. The molecule has 0 atom stereocenters. The minimum Gasteiger partial charge on any atom is -0.496 e. The lowest BCUT2D eigenvalue weighted by atomic mass is 10.1. The molecule has 0 aliphatic carbocycles. The van der Waals surface area contributed by atoms with E-state index < -0.39 is 11.8 Å². The maximum atomic E-state index is 12.5. The molecule has 4 rings (SSSR count). The van der Waals surface area contributed by atoms with E-state index in [1.54, 1.807) is 25.1 Å². The maximum absolute atomic E-state index is 12.5. The van der Waals surface area contributed by atoms with Crippen LogP contribution < -0.4 is 15.5 Å². The molecule has 0 fully saturated rings. The highest BCUT2D eigenvalue weighted by molar-refractivity contribution is 7.98. The van der Waals surface area contributed by atoms with Gasteiger partial charge in [0.25, 0.3) is 11.8 Å². The largest absolute Gasteiger partial charge is 0.496 e. The van der Waals surface area contributed by atoms with Gasteiger partial charge in [-0.1, -0.05) is 35.9 Å². The van der Waals surface area contributed by atoms with Gasteiger partial charge in [0.2, 0.25) is 0 Å². The topological polar surface area (TPSA) is 92.7 Å². The van der Waals surface area contributed by atoms with Gasteiger partial charge in [0, 0.05) is 27.6 Å². The first kappa shape index (κ1) is 24.7. The highest BCUT2D eigenvalue weighted by atomic mass is 35.5. The number of nitrogens with zero attached hydrogens (tertiary/aromatic N) is 2. The molecule has 0 bridgehead atoms. The van der Waals surface area contributed by atoms with E-state index in [9.17, 15) is 9.59 Å². The van der Waals surface area contributed by atoms with Crippen LogP contribution in [0, 0.1) is 0 Å². The Morgan fingerprint density at radius 1 is 1.17 bits per heavy atom. The summed E-state index contributed by atoms with van der Waals surface area (Å²) >= 11 is 9.20. The number of hydrogen-bond acceptors (Lipinski definition) is 7. The lowest BCUT2D eigenvalue weighted by Gasteiger charge is -2.09. The summed E-state index contributed by atoms with van der Waals surface area (Å²) in [7, 11) is 1.62. The van der Waals surface area contributed by atoms with Crippen LogP contribution in [0.4, 0.5) is 0 Å². The first-order valence-electron chi connectivity index (χ1n) is 10.5. The fourth-order valence-electron chi connectivity index (χ4n) is 3.20. The lowest BCUT2D eigenvalue weighted by Crippen LogP contribution is -2.34. The lowest BCUT2D eigenvalue weighted by molar-refractivity contribution is -0.120. The molecule has 0 unspecified atom stereocenters. The molecule has 2 aromatic carbocycles. The first-order chi connectivity index (χ1) is 17.0. The summed E-state index contributed by atoms with van der Waals surface area (Å²) in [5, 5.41) is 8.70. The van der Waals surface area contributed by atoms with Gasteiger partial charge < -0.3 is 10.1 Å². The number of benzene rings is 2. The Kier molecular flexibility index (Phi) is 8.36. The van der Waals surface area contributed by atoms with Gasteiger partial charge >= 0.3 is 0 Å². The minimum absolute atomic E-state index is 0.227. The van der Waals surface area contributed by atoms with E-state index >= 15 is 0 Å². The number of fused-ring (bicyclic) bond motifs is 1. The van der Waals surface area contributed by atoms with Gasteiger partial charge in [-0.15, -0.1) is 23.1 Å². The van der Waals surface area contributed by atoms with E-state index in [-0.39, 0.29) is 6.54 Å². The molecule has 4 aromatic rings. The third-order valence-corrected chi connectivity index (χ3v) is 7.54. The molecule has 2 heterocycles. The van der Waals surface area contributed by atoms with Crippen LogP contribution in [0.15, 0.2) is 77.0 Å². The Balaban J connectivity index is 1.31. The van der Waals surface area contributed by atoms with Crippen molar-refractivity contribution in [3.05, 3.63) is 87.9 Å². The molecular weight excluding hydrogens is 504 g/mol. The number of rotatable bonds is 9. The van der Waals surface area contributed by atoms with Crippen LogP contribution >= 0.6 is 34.7 Å². The molecule has 35 heavy (non-hydrogen) atoms. The Labute approximate surface area is 215 Å². The summed E-state index contributed by atoms with van der Waals surface area (Å²) in [6.07, 6.45) is 3.29. The third-order valence-electron chi connectivity index (χ3n) is 4.87. The predicted octanol–water partition coefficient (Wildman–Crippen LogP) is 5.13. The zero-order valence-corrected chi connectivity index (χ0v) is 21.0. The number of carbonyl (C=O) groups is 2. The van der Waals surface area contributed by atoms with Gasteiger partial charge in [-0.3, -0.25) is 9.59 Å². The average Bonchev–Trinajstić information content (AvgIpc) is 3.23.